The van der Waals surface area contributed by atoms with Gasteiger partial charge in [-0.15, -0.1) is 0 Å². The van der Waals surface area contributed by atoms with E-state index in [4.69, 9.17) is 19.4 Å². The molecule has 3 heterocycles. The van der Waals surface area contributed by atoms with E-state index < -0.39 is 5.41 Å². The molecular weight excluding hydrogens is 697 g/mol. The molecule has 0 amide bonds. The molecule has 13 rings (SSSR count). The predicted molar refractivity (Wildman–Crippen MR) is 229 cm³/mol. The Morgan fingerprint density at radius 3 is 1.79 bits per heavy atom. The molecule has 11 aromatic rings. The molecule has 5 heteroatoms. The lowest BCUT2D eigenvalue weighted by Crippen LogP contribution is -2.25. The van der Waals surface area contributed by atoms with Crippen LogP contribution in [0.1, 0.15) is 22.3 Å². The van der Waals surface area contributed by atoms with Gasteiger partial charge in [-0.05, 0) is 57.1 Å². The molecule has 0 bridgehead atoms. The van der Waals surface area contributed by atoms with Crippen molar-refractivity contribution in [1.29, 1.82) is 0 Å². The average Bonchev–Trinajstić information content (AvgIpc) is 4.00. The summed E-state index contributed by atoms with van der Waals surface area (Å²) in [6, 6.07) is 64.7. The zero-order chi connectivity index (χ0) is 37.2. The molecule has 0 N–H and O–H groups in total. The lowest BCUT2D eigenvalue weighted by atomic mass is 9.70. The molecule has 0 radical (unpaired) electrons. The van der Waals surface area contributed by atoms with Crippen molar-refractivity contribution in [2.75, 3.05) is 0 Å². The van der Waals surface area contributed by atoms with E-state index in [0.717, 1.165) is 54.9 Å². The minimum Gasteiger partial charge on any atom is -0.456 e. The van der Waals surface area contributed by atoms with Crippen molar-refractivity contribution in [2.45, 2.75) is 5.41 Å². The summed E-state index contributed by atoms with van der Waals surface area (Å²) in [5, 5.41) is 4.32. The number of furan rings is 1. The van der Waals surface area contributed by atoms with Gasteiger partial charge in [0.05, 0.1) is 16.4 Å². The lowest BCUT2D eigenvalue weighted by molar-refractivity contribution is 0.669. The van der Waals surface area contributed by atoms with Gasteiger partial charge in [0.15, 0.2) is 11.6 Å². The normalized spacial score (nSPS) is 13.4. The summed E-state index contributed by atoms with van der Waals surface area (Å²) in [6.45, 7) is 0. The van der Waals surface area contributed by atoms with Crippen molar-refractivity contribution in [3.63, 3.8) is 0 Å². The lowest BCUT2D eigenvalue weighted by Gasteiger charge is -2.30. The average molecular weight is 727 g/mol. The molecule has 3 aromatic heterocycles. The van der Waals surface area contributed by atoms with E-state index in [0.29, 0.717) is 17.6 Å². The van der Waals surface area contributed by atoms with Gasteiger partial charge in [-0.2, -0.15) is 9.97 Å². The fraction of sp³-hybridized carbons (Fsp3) is 0.0192. The SMILES string of the molecule is c1ccc(-c2nc(-c3cccc4oc5ccccc5c34)nc(-n3c4ccccc4c4ccc5c(c43)-c3ccccc3C53c4ccccc4-c4ccccc43)n2)cc1. The van der Waals surface area contributed by atoms with Crippen LogP contribution in [0.3, 0.4) is 0 Å². The molecule has 0 saturated heterocycles. The van der Waals surface area contributed by atoms with Crippen LogP contribution in [0.2, 0.25) is 0 Å². The maximum Gasteiger partial charge on any atom is 0.238 e. The molecule has 0 atom stereocenters. The van der Waals surface area contributed by atoms with Crippen LogP contribution in [0.25, 0.3) is 94.7 Å². The third kappa shape index (κ3) is 3.94. The molecule has 0 saturated carbocycles. The molecule has 2 aliphatic rings. The van der Waals surface area contributed by atoms with Crippen LogP contribution in [0.15, 0.2) is 186 Å². The monoisotopic (exact) mass is 726 g/mol. The number of rotatable bonds is 3. The Kier molecular flexibility index (Phi) is 6.04. The van der Waals surface area contributed by atoms with Crippen LogP contribution in [-0.4, -0.2) is 19.5 Å². The maximum absolute atomic E-state index is 6.35. The van der Waals surface area contributed by atoms with Gasteiger partial charge >= 0.3 is 0 Å². The summed E-state index contributed by atoms with van der Waals surface area (Å²) in [5.41, 5.74) is 15.3. The largest absolute Gasteiger partial charge is 0.456 e. The van der Waals surface area contributed by atoms with Crippen molar-refractivity contribution in [3.8, 4) is 51.0 Å². The molecule has 5 nitrogen and oxygen atoms in total. The van der Waals surface area contributed by atoms with E-state index in [9.17, 15) is 0 Å². The van der Waals surface area contributed by atoms with E-state index in [1.165, 1.54) is 44.5 Å². The van der Waals surface area contributed by atoms with Gasteiger partial charge < -0.3 is 4.42 Å². The quantitative estimate of drug-likeness (QED) is 0.182. The summed E-state index contributed by atoms with van der Waals surface area (Å²) >= 11 is 0. The second kappa shape index (κ2) is 11.2. The smallest absolute Gasteiger partial charge is 0.238 e. The molecule has 0 fully saturated rings. The second-order valence-corrected chi connectivity index (χ2v) is 15.0. The summed E-state index contributed by atoms with van der Waals surface area (Å²) in [5.74, 6) is 1.76. The first-order valence-corrected chi connectivity index (χ1v) is 19.4. The molecule has 264 valence electrons. The highest BCUT2D eigenvalue weighted by Crippen LogP contribution is 2.64. The Morgan fingerprint density at radius 2 is 1.00 bits per heavy atom. The van der Waals surface area contributed by atoms with Crippen molar-refractivity contribution >= 4 is 43.7 Å². The molecule has 0 aliphatic heterocycles. The van der Waals surface area contributed by atoms with E-state index in [-0.39, 0.29) is 0 Å². The van der Waals surface area contributed by atoms with Crippen LogP contribution in [0, 0.1) is 0 Å². The fourth-order valence-corrected chi connectivity index (χ4v) is 10.1. The Labute approximate surface area is 327 Å². The Morgan fingerprint density at radius 1 is 0.404 bits per heavy atom. The van der Waals surface area contributed by atoms with Gasteiger partial charge in [0.2, 0.25) is 5.95 Å². The second-order valence-electron chi connectivity index (χ2n) is 15.0. The standard InChI is InChI=1S/C52H30N4O/c1-2-15-31(16-3-1)49-53-50(38-22-14-28-45-46(38)37-21-8-13-27-44(37)57-45)55-51(54-49)56-43-26-12-7-19-34(43)35-29-30-42-47(48(35)56)36-20-6-11-25-41(36)52(42)39-23-9-4-17-32(39)33-18-5-10-24-40(33)52/h1-30H. The van der Waals surface area contributed by atoms with Gasteiger partial charge in [0.25, 0.3) is 0 Å². The number of benzene rings is 8. The van der Waals surface area contributed by atoms with Gasteiger partial charge in [0, 0.05) is 38.2 Å². The highest BCUT2D eigenvalue weighted by Gasteiger charge is 2.52. The molecular formula is C52H30N4O. The number of hydrogen-bond acceptors (Lipinski definition) is 4. The topological polar surface area (TPSA) is 56.7 Å². The Bertz CT molecular complexity index is 3440. The van der Waals surface area contributed by atoms with Gasteiger partial charge in [-0.1, -0.05) is 164 Å². The van der Waals surface area contributed by atoms with E-state index in [2.05, 4.69) is 138 Å². The Hall–Kier alpha value is -7.63. The van der Waals surface area contributed by atoms with Crippen molar-refractivity contribution in [3.05, 3.63) is 204 Å². The van der Waals surface area contributed by atoms with Crippen LogP contribution < -0.4 is 0 Å². The fourth-order valence-electron chi connectivity index (χ4n) is 10.1. The van der Waals surface area contributed by atoms with Crippen molar-refractivity contribution in [1.82, 2.24) is 19.5 Å². The first-order chi connectivity index (χ1) is 28.3. The number of fused-ring (bicyclic) bond motifs is 17. The van der Waals surface area contributed by atoms with Crippen LogP contribution >= 0.6 is 0 Å². The number of nitrogens with zero attached hydrogens (tertiary/aromatic N) is 4. The van der Waals surface area contributed by atoms with Gasteiger partial charge in [-0.25, -0.2) is 4.98 Å². The van der Waals surface area contributed by atoms with Crippen LogP contribution in [0.4, 0.5) is 0 Å². The predicted octanol–water partition coefficient (Wildman–Crippen LogP) is 12.5. The van der Waals surface area contributed by atoms with Gasteiger partial charge in [0.1, 0.15) is 11.2 Å². The molecule has 8 aromatic carbocycles. The van der Waals surface area contributed by atoms with Crippen molar-refractivity contribution < 1.29 is 4.42 Å². The minimum absolute atomic E-state index is 0.480. The summed E-state index contributed by atoms with van der Waals surface area (Å²) in [4.78, 5) is 16.0. The zero-order valence-corrected chi connectivity index (χ0v) is 30.5. The number of aromatic nitrogens is 4. The minimum atomic E-state index is -0.480. The highest BCUT2D eigenvalue weighted by molar-refractivity contribution is 6.17. The molecule has 0 unspecified atom stereocenters. The molecule has 57 heavy (non-hydrogen) atoms. The third-order valence-corrected chi connectivity index (χ3v) is 12.3. The zero-order valence-electron chi connectivity index (χ0n) is 30.5. The number of para-hydroxylation sites is 2. The van der Waals surface area contributed by atoms with Crippen LogP contribution in [0.5, 0.6) is 0 Å². The summed E-state index contributed by atoms with van der Waals surface area (Å²) < 4.78 is 8.64. The first kappa shape index (κ1) is 30.7. The van der Waals surface area contributed by atoms with Crippen LogP contribution in [-0.2, 0) is 5.41 Å². The van der Waals surface area contributed by atoms with Crippen molar-refractivity contribution in [2.24, 2.45) is 0 Å². The van der Waals surface area contributed by atoms with E-state index in [1.807, 2.05) is 48.5 Å². The summed E-state index contributed by atoms with van der Waals surface area (Å²) in [6.07, 6.45) is 0. The number of hydrogen-bond donors (Lipinski definition) is 0. The first-order valence-electron chi connectivity index (χ1n) is 19.4. The molecule has 2 aliphatic carbocycles. The van der Waals surface area contributed by atoms with E-state index in [1.54, 1.807) is 0 Å². The van der Waals surface area contributed by atoms with Gasteiger partial charge in [-0.3, -0.25) is 4.57 Å². The maximum atomic E-state index is 6.35. The highest BCUT2D eigenvalue weighted by atomic mass is 16.3. The Balaban J connectivity index is 1.18. The molecule has 1 spiro atoms. The third-order valence-electron chi connectivity index (χ3n) is 12.3. The summed E-state index contributed by atoms with van der Waals surface area (Å²) in [7, 11) is 0. The van der Waals surface area contributed by atoms with E-state index >= 15 is 0 Å².